The number of anilines is 1. The van der Waals surface area contributed by atoms with Crippen LogP contribution in [0.2, 0.25) is 0 Å². The maximum atomic E-state index is 11.9. The van der Waals surface area contributed by atoms with E-state index in [-0.39, 0.29) is 0 Å². The Kier molecular flexibility index (Phi) is 9.01. The number of carboxylic acid groups (broad SMARTS) is 1. The number of likely N-dealkylation sites (N-methyl/N-ethyl adjacent to an activating group) is 1. The summed E-state index contributed by atoms with van der Waals surface area (Å²) in [6, 6.07) is 14.8. The van der Waals surface area contributed by atoms with Gasteiger partial charge < -0.3 is 24.8 Å². The van der Waals surface area contributed by atoms with Crippen molar-refractivity contribution in [3.8, 4) is 5.75 Å². The lowest BCUT2D eigenvalue weighted by molar-refractivity contribution is -0.162. The van der Waals surface area contributed by atoms with Gasteiger partial charge in [-0.3, -0.25) is 4.79 Å². The van der Waals surface area contributed by atoms with E-state index in [4.69, 9.17) is 9.47 Å². The molecule has 2 rings (SSSR count). The molecule has 0 bridgehead atoms. The van der Waals surface area contributed by atoms with Gasteiger partial charge in [-0.15, -0.1) is 11.8 Å². The number of methoxy groups -OCH3 is 1. The predicted molar refractivity (Wildman–Crippen MR) is 118 cm³/mol. The summed E-state index contributed by atoms with van der Waals surface area (Å²) in [5.74, 6) is -1.17. The van der Waals surface area contributed by atoms with Gasteiger partial charge in [0, 0.05) is 30.6 Å². The number of esters is 1. The molecule has 0 heterocycles. The van der Waals surface area contributed by atoms with Crippen LogP contribution in [0.5, 0.6) is 5.75 Å². The normalized spacial score (nSPS) is 12.8. The minimum absolute atomic E-state index is 0.621. The fraction of sp³-hybridized carbons (Fsp3) is 0.364. The first-order valence-corrected chi connectivity index (χ1v) is 10.4. The molecular formula is C22H28N2O5S. The Morgan fingerprint density at radius 1 is 1.10 bits per heavy atom. The number of carboxylic acids is 1. The van der Waals surface area contributed by atoms with E-state index in [0.29, 0.717) is 5.75 Å². The molecule has 30 heavy (non-hydrogen) atoms. The molecule has 162 valence electrons. The first-order valence-electron chi connectivity index (χ1n) is 9.49. The van der Waals surface area contributed by atoms with E-state index in [9.17, 15) is 14.7 Å². The van der Waals surface area contributed by atoms with E-state index in [1.54, 1.807) is 31.4 Å². The Morgan fingerprint density at radius 2 is 1.73 bits per heavy atom. The maximum absolute atomic E-state index is 11.9. The fourth-order valence-electron chi connectivity index (χ4n) is 2.74. The number of nitrogens with zero attached hydrogens (tertiary/aromatic N) is 1. The number of nitrogens with one attached hydrogen (secondary N) is 1. The van der Waals surface area contributed by atoms with Crippen molar-refractivity contribution in [2.24, 2.45) is 0 Å². The first-order chi connectivity index (χ1) is 14.3. The van der Waals surface area contributed by atoms with Gasteiger partial charge in [-0.05, 0) is 56.1 Å². The number of rotatable bonds is 11. The average Bonchev–Trinajstić information content (AvgIpc) is 2.71. The van der Waals surface area contributed by atoms with Crippen LogP contribution in [0.15, 0.2) is 53.4 Å². The second-order valence-electron chi connectivity index (χ2n) is 6.93. The SMILES string of the molecule is COc1ccc(C(Sc2ccc(NCCN(C)C)cc2)C(OC(C)=O)C(=O)O)cc1. The van der Waals surface area contributed by atoms with Gasteiger partial charge in [-0.2, -0.15) is 0 Å². The predicted octanol–water partition coefficient (Wildman–Crippen LogP) is 3.52. The van der Waals surface area contributed by atoms with E-state index < -0.39 is 23.3 Å². The molecule has 8 heteroatoms. The van der Waals surface area contributed by atoms with Gasteiger partial charge in [-0.1, -0.05) is 12.1 Å². The van der Waals surface area contributed by atoms with Gasteiger partial charge in [0.05, 0.1) is 12.4 Å². The summed E-state index contributed by atoms with van der Waals surface area (Å²) in [6.07, 6.45) is -1.32. The number of carbonyl (C=O) groups excluding carboxylic acids is 1. The molecule has 0 aliphatic heterocycles. The van der Waals surface area contributed by atoms with Crippen LogP contribution >= 0.6 is 11.8 Å². The summed E-state index contributed by atoms with van der Waals surface area (Å²) in [5.41, 5.74) is 1.71. The highest BCUT2D eigenvalue weighted by atomic mass is 32.2. The highest BCUT2D eigenvalue weighted by molar-refractivity contribution is 7.99. The summed E-state index contributed by atoms with van der Waals surface area (Å²) >= 11 is 1.34. The third kappa shape index (κ3) is 7.27. The number of thioether (sulfide) groups is 1. The summed E-state index contributed by atoms with van der Waals surface area (Å²) in [5, 5.41) is 12.4. The highest BCUT2D eigenvalue weighted by Crippen LogP contribution is 2.40. The van der Waals surface area contributed by atoms with Crippen molar-refractivity contribution in [2.45, 2.75) is 23.2 Å². The van der Waals surface area contributed by atoms with Crippen molar-refractivity contribution in [1.82, 2.24) is 4.90 Å². The number of carbonyl (C=O) groups is 2. The number of aliphatic carboxylic acids is 1. The Labute approximate surface area is 181 Å². The summed E-state index contributed by atoms with van der Waals surface area (Å²) < 4.78 is 10.3. The Balaban J connectivity index is 2.23. The molecule has 0 radical (unpaired) electrons. The summed E-state index contributed by atoms with van der Waals surface area (Å²) in [7, 11) is 5.60. The molecule has 0 amide bonds. The number of hydrogen-bond acceptors (Lipinski definition) is 7. The third-order valence-corrected chi connectivity index (χ3v) is 5.58. The molecule has 2 aromatic carbocycles. The van der Waals surface area contributed by atoms with E-state index in [1.807, 2.05) is 38.4 Å². The van der Waals surface area contributed by atoms with Crippen LogP contribution < -0.4 is 10.1 Å². The van der Waals surface area contributed by atoms with Gasteiger partial charge in [0.15, 0.2) is 0 Å². The molecule has 2 unspecified atom stereocenters. The molecule has 2 atom stereocenters. The first kappa shape index (κ1) is 23.6. The van der Waals surface area contributed by atoms with Crippen molar-refractivity contribution in [3.05, 3.63) is 54.1 Å². The summed E-state index contributed by atoms with van der Waals surface area (Å²) in [4.78, 5) is 26.3. The van der Waals surface area contributed by atoms with Crippen molar-refractivity contribution >= 4 is 29.4 Å². The standard InChI is InChI=1S/C22H28N2O5S/c1-15(25)29-20(22(26)27)21(16-5-9-18(28-4)10-6-16)30-19-11-7-17(8-12-19)23-13-14-24(2)3/h5-12,20-21,23H,13-14H2,1-4H3,(H,26,27). The molecule has 7 nitrogen and oxygen atoms in total. The quantitative estimate of drug-likeness (QED) is 0.412. The van der Waals surface area contributed by atoms with Crippen LogP contribution in [0.4, 0.5) is 5.69 Å². The molecule has 2 aromatic rings. The topological polar surface area (TPSA) is 88.1 Å². The van der Waals surface area contributed by atoms with Crippen LogP contribution in [0, 0.1) is 0 Å². The second kappa shape index (κ2) is 11.5. The number of hydrogen-bond donors (Lipinski definition) is 2. The lowest BCUT2D eigenvalue weighted by Gasteiger charge is -2.24. The Bertz CT molecular complexity index is 824. The minimum Gasteiger partial charge on any atom is -0.497 e. The molecule has 2 N–H and O–H groups in total. The number of ether oxygens (including phenoxy) is 2. The van der Waals surface area contributed by atoms with E-state index in [1.165, 1.54) is 18.7 Å². The fourth-order valence-corrected chi connectivity index (χ4v) is 3.92. The Morgan fingerprint density at radius 3 is 2.23 bits per heavy atom. The zero-order valence-electron chi connectivity index (χ0n) is 17.6. The van der Waals surface area contributed by atoms with Crippen LogP contribution in [0.25, 0.3) is 0 Å². The molecule has 0 spiro atoms. The zero-order chi connectivity index (χ0) is 22.1. The van der Waals surface area contributed by atoms with Gasteiger partial charge >= 0.3 is 11.9 Å². The van der Waals surface area contributed by atoms with Crippen LogP contribution in [-0.2, 0) is 14.3 Å². The van der Waals surface area contributed by atoms with Gasteiger partial charge in [0.25, 0.3) is 0 Å². The zero-order valence-corrected chi connectivity index (χ0v) is 18.4. The second-order valence-corrected chi connectivity index (χ2v) is 8.15. The van der Waals surface area contributed by atoms with Gasteiger partial charge in [0.1, 0.15) is 5.75 Å². The van der Waals surface area contributed by atoms with E-state index >= 15 is 0 Å². The smallest absolute Gasteiger partial charge is 0.346 e. The van der Waals surface area contributed by atoms with E-state index in [0.717, 1.165) is 29.2 Å². The van der Waals surface area contributed by atoms with Crippen molar-refractivity contribution in [2.75, 3.05) is 39.6 Å². The number of benzene rings is 2. The van der Waals surface area contributed by atoms with Crippen LogP contribution in [0.1, 0.15) is 17.7 Å². The monoisotopic (exact) mass is 432 g/mol. The molecule has 0 saturated heterocycles. The molecule has 0 fully saturated rings. The van der Waals surface area contributed by atoms with E-state index in [2.05, 4.69) is 10.2 Å². The lowest BCUT2D eigenvalue weighted by Crippen LogP contribution is -2.31. The largest absolute Gasteiger partial charge is 0.497 e. The molecule has 0 aliphatic rings. The van der Waals surface area contributed by atoms with Crippen molar-refractivity contribution < 1.29 is 24.2 Å². The Hall–Kier alpha value is -2.71. The third-order valence-electron chi connectivity index (χ3n) is 4.26. The maximum Gasteiger partial charge on any atom is 0.346 e. The molecular weight excluding hydrogens is 404 g/mol. The van der Waals surface area contributed by atoms with Crippen molar-refractivity contribution in [1.29, 1.82) is 0 Å². The molecule has 0 saturated carbocycles. The lowest BCUT2D eigenvalue weighted by atomic mass is 10.1. The minimum atomic E-state index is -1.32. The van der Waals surface area contributed by atoms with Gasteiger partial charge in [0.2, 0.25) is 6.10 Å². The van der Waals surface area contributed by atoms with Crippen LogP contribution in [-0.4, -0.2) is 62.3 Å². The van der Waals surface area contributed by atoms with Gasteiger partial charge in [-0.25, -0.2) is 4.79 Å². The molecule has 0 aliphatic carbocycles. The van der Waals surface area contributed by atoms with Crippen molar-refractivity contribution in [3.63, 3.8) is 0 Å². The average molecular weight is 433 g/mol. The summed E-state index contributed by atoms with van der Waals surface area (Å²) in [6.45, 7) is 2.94. The molecule has 0 aromatic heterocycles. The van der Waals surface area contributed by atoms with Crippen LogP contribution in [0.3, 0.4) is 0 Å². The highest BCUT2D eigenvalue weighted by Gasteiger charge is 2.33.